The van der Waals surface area contributed by atoms with Gasteiger partial charge in [0, 0.05) is 6.54 Å². The van der Waals surface area contributed by atoms with Gasteiger partial charge in [-0.15, -0.1) is 0 Å². The monoisotopic (exact) mass is 172 g/mol. The van der Waals surface area contributed by atoms with Gasteiger partial charge in [0.15, 0.2) is 0 Å². The smallest absolute Gasteiger partial charge is 0.236 e. The van der Waals surface area contributed by atoms with E-state index in [9.17, 15) is 4.79 Å². The third-order valence-electron chi connectivity index (χ3n) is 1.62. The van der Waals surface area contributed by atoms with Crippen LogP contribution in [0, 0.1) is 5.41 Å². The van der Waals surface area contributed by atoms with Crippen molar-refractivity contribution in [2.24, 2.45) is 5.41 Å². The first-order valence-electron chi connectivity index (χ1n) is 4.32. The van der Waals surface area contributed by atoms with Gasteiger partial charge in [-0.3, -0.25) is 4.79 Å². The lowest BCUT2D eigenvalue weighted by atomic mass is 9.97. The van der Waals surface area contributed by atoms with Crippen LogP contribution in [0.15, 0.2) is 0 Å². The molecule has 0 saturated heterocycles. The van der Waals surface area contributed by atoms with E-state index in [0.29, 0.717) is 0 Å². The van der Waals surface area contributed by atoms with Crippen molar-refractivity contribution >= 4 is 5.91 Å². The fourth-order valence-electron chi connectivity index (χ4n) is 0.636. The summed E-state index contributed by atoms with van der Waals surface area (Å²) in [6.45, 7) is 8.85. The van der Waals surface area contributed by atoms with Crippen molar-refractivity contribution in [2.45, 2.75) is 33.7 Å². The molecule has 0 fully saturated rings. The Morgan fingerprint density at radius 2 is 1.92 bits per heavy atom. The minimum absolute atomic E-state index is 0.0624. The van der Waals surface area contributed by atoms with Gasteiger partial charge in [-0.25, -0.2) is 0 Å². The van der Waals surface area contributed by atoms with Crippen LogP contribution in [0.1, 0.15) is 27.7 Å². The molecule has 0 radical (unpaired) electrons. The molecule has 0 aliphatic carbocycles. The second-order valence-electron chi connectivity index (χ2n) is 4.29. The normalized spacial score (nSPS) is 14.1. The molecule has 1 atom stereocenters. The van der Waals surface area contributed by atoms with Gasteiger partial charge < -0.3 is 10.6 Å². The molecule has 0 rings (SSSR count). The van der Waals surface area contributed by atoms with Crippen molar-refractivity contribution < 1.29 is 4.79 Å². The molecule has 1 amide bonds. The summed E-state index contributed by atoms with van der Waals surface area (Å²) < 4.78 is 0. The van der Waals surface area contributed by atoms with Crippen LogP contribution in [0.2, 0.25) is 0 Å². The summed E-state index contributed by atoms with van der Waals surface area (Å²) in [6.07, 6.45) is 0. The number of carbonyl (C=O) groups is 1. The molecule has 12 heavy (non-hydrogen) atoms. The van der Waals surface area contributed by atoms with Gasteiger partial charge in [-0.1, -0.05) is 20.8 Å². The molecule has 0 aliphatic rings. The molecule has 0 aromatic heterocycles. The maximum Gasteiger partial charge on any atom is 0.236 e. The maximum absolute atomic E-state index is 11.2. The zero-order valence-electron chi connectivity index (χ0n) is 8.69. The Morgan fingerprint density at radius 3 is 2.25 bits per heavy atom. The van der Waals surface area contributed by atoms with Crippen LogP contribution in [-0.2, 0) is 4.79 Å². The van der Waals surface area contributed by atoms with Crippen molar-refractivity contribution in [1.29, 1.82) is 0 Å². The van der Waals surface area contributed by atoms with Gasteiger partial charge >= 0.3 is 0 Å². The second-order valence-corrected chi connectivity index (χ2v) is 4.29. The molecule has 0 aromatic rings. The molecular weight excluding hydrogens is 152 g/mol. The minimum Gasteiger partial charge on any atom is -0.354 e. The lowest BCUT2D eigenvalue weighted by Gasteiger charge is -2.20. The Bertz CT molecular complexity index is 149. The lowest BCUT2D eigenvalue weighted by Crippen LogP contribution is -2.43. The van der Waals surface area contributed by atoms with Crippen molar-refractivity contribution in [2.75, 3.05) is 13.6 Å². The van der Waals surface area contributed by atoms with Crippen molar-refractivity contribution in [1.82, 2.24) is 10.6 Å². The Labute approximate surface area is 74.9 Å². The molecule has 0 aromatic carbocycles. The second kappa shape index (κ2) is 4.45. The van der Waals surface area contributed by atoms with Gasteiger partial charge in [0.1, 0.15) is 0 Å². The Balaban J connectivity index is 3.72. The summed E-state index contributed by atoms with van der Waals surface area (Å²) in [5.74, 6) is 0.0624. The molecule has 0 unspecified atom stereocenters. The van der Waals surface area contributed by atoms with Crippen LogP contribution in [0.4, 0.5) is 0 Å². The first kappa shape index (κ1) is 11.4. The fourth-order valence-corrected chi connectivity index (χ4v) is 0.636. The average Bonchev–Trinajstić information content (AvgIpc) is 1.97. The van der Waals surface area contributed by atoms with E-state index in [-0.39, 0.29) is 17.4 Å². The van der Waals surface area contributed by atoms with Gasteiger partial charge in [-0.2, -0.15) is 0 Å². The van der Waals surface area contributed by atoms with Gasteiger partial charge in [0.05, 0.1) is 6.04 Å². The number of nitrogens with one attached hydrogen (secondary N) is 2. The zero-order chi connectivity index (χ0) is 9.78. The van der Waals surface area contributed by atoms with Crippen molar-refractivity contribution in [3.63, 3.8) is 0 Å². The predicted octanol–water partition coefficient (Wildman–Crippen LogP) is 0.757. The standard InChI is InChI=1S/C9H20N2O/c1-7(10-5)8(12)11-6-9(2,3)4/h7,10H,6H2,1-5H3,(H,11,12)/t7-/m0/s1. The number of rotatable bonds is 3. The highest BCUT2D eigenvalue weighted by Crippen LogP contribution is 2.09. The quantitative estimate of drug-likeness (QED) is 0.660. The average molecular weight is 172 g/mol. The van der Waals surface area contributed by atoms with E-state index in [4.69, 9.17) is 0 Å². The summed E-state index contributed by atoms with van der Waals surface area (Å²) in [6, 6.07) is -0.104. The number of amides is 1. The highest BCUT2D eigenvalue weighted by molar-refractivity contribution is 5.81. The maximum atomic E-state index is 11.2. The summed E-state index contributed by atoms with van der Waals surface area (Å²) in [7, 11) is 1.78. The molecule has 0 saturated carbocycles. The van der Waals surface area contributed by atoms with Crippen molar-refractivity contribution in [3.05, 3.63) is 0 Å². The van der Waals surface area contributed by atoms with E-state index in [1.54, 1.807) is 7.05 Å². The largest absolute Gasteiger partial charge is 0.354 e. The molecule has 0 spiro atoms. The summed E-state index contributed by atoms with van der Waals surface area (Å²) in [5.41, 5.74) is 0.156. The van der Waals surface area contributed by atoms with E-state index < -0.39 is 0 Å². The Kier molecular flexibility index (Phi) is 4.24. The fraction of sp³-hybridized carbons (Fsp3) is 0.889. The third kappa shape index (κ3) is 5.13. The van der Waals surface area contributed by atoms with E-state index in [2.05, 4.69) is 31.4 Å². The highest BCUT2D eigenvalue weighted by Gasteiger charge is 2.14. The molecule has 2 N–H and O–H groups in total. The van der Waals surface area contributed by atoms with Crippen LogP contribution in [0.5, 0.6) is 0 Å². The zero-order valence-corrected chi connectivity index (χ0v) is 8.69. The number of hydrogen-bond donors (Lipinski definition) is 2. The van der Waals surface area contributed by atoms with E-state index in [0.717, 1.165) is 6.54 Å². The van der Waals surface area contributed by atoms with Crippen LogP contribution in [-0.4, -0.2) is 25.5 Å². The van der Waals surface area contributed by atoms with Crippen molar-refractivity contribution in [3.8, 4) is 0 Å². The van der Waals surface area contributed by atoms with Crippen LogP contribution in [0.3, 0.4) is 0 Å². The molecule has 0 aliphatic heterocycles. The lowest BCUT2D eigenvalue weighted by molar-refractivity contribution is -0.123. The van der Waals surface area contributed by atoms with Crippen LogP contribution < -0.4 is 10.6 Å². The minimum atomic E-state index is -0.104. The van der Waals surface area contributed by atoms with Gasteiger partial charge in [0.25, 0.3) is 0 Å². The van der Waals surface area contributed by atoms with Gasteiger partial charge in [0.2, 0.25) is 5.91 Å². The van der Waals surface area contributed by atoms with Crippen LogP contribution in [0.25, 0.3) is 0 Å². The topological polar surface area (TPSA) is 41.1 Å². The number of hydrogen-bond acceptors (Lipinski definition) is 2. The molecule has 3 nitrogen and oxygen atoms in total. The predicted molar refractivity (Wildman–Crippen MR) is 51.0 cm³/mol. The summed E-state index contributed by atoms with van der Waals surface area (Å²) in [4.78, 5) is 11.2. The third-order valence-corrected chi connectivity index (χ3v) is 1.62. The Morgan fingerprint density at radius 1 is 1.42 bits per heavy atom. The first-order chi connectivity index (χ1) is 5.37. The Hall–Kier alpha value is -0.570. The summed E-state index contributed by atoms with van der Waals surface area (Å²) in [5, 5.41) is 5.76. The van der Waals surface area contributed by atoms with E-state index in [1.807, 2.05) is 6.92 Å². The molecule has 0 bridgehead atoms. The summed E-state index contributed by atoms with van der Waals surface area (Å²) >= 11 is 0. The van der Waals surface area contributed by atoms with Gasteiger partial charge in [-0.05, 0) is 19.4 Å². The molecular formula is C9H20N2O. The first-order valence-corrected chi connectivity index (χ1v) is 4.32. The molecule has 72 valence electrons. The molecule has 3 heteroatoms. The number of likely N-dealkylation sites (N-methyl/N-ethyl adjacent to an activating group) is 1. The SMILES string of the molecule is CN[C@@H](C)C(=O)NCC(C)(C)C. The van der Waals surface area contributed by atoms with E-state index in [1.165, 1.54) is 0 Å². The highest BCUT2D eigenvalue weighted by atomic mass is 16.2. The number of carbonyl (C=O) groups excluding carboxylic acids is 1. The molecule has 0 heterocycles. The van der Waals surface area contributed by atoms with Crippen LogP contribution >= 0.6 is 0 Å². The van der Waals surface area contributed by atoms with E-state index >= 15 is 0 Å².